The van der Waals surface area contributed by atoms with E-state index in [1.54, 1.807) is 11.1 Å². The highest BCUT2D eigenvalue weighted by molar-refractivity contribution is 5.72. The number of hydrogen-bond donors (Lipinski definition) is 0. The second kappa shape index (κ2) is 16.3. The standard InChI is InChI=1S/C12H16.C3H6O.3C2H6/c1-12(2)9-5-7-10-6-3-4-8-11(10)12;1-3(2)4;3*1-2/h3-4,6,8H,5,7,9H2,1-2H3;1-2H3;3*1-2H3. The molecule has 0 atom stereocenters. The van der Waals surface area contributed by atoms with Gasteiger partial charge in [-0.05, 0) is 49.7 Å². The van der Waals surface area contributed by atoms with Gasteiger partial charge in [-0.15, -0.1) is 0 Å². The molecule has 0 fully saturated rings. The molecule has 22 heavy (non-hydrogen) atoms. The van der Waals surface area contributed by atoms with Gasteiger partial charge >= 0.3 is 0 Å². The topological polar surface area (TPSA) is 17.1 Å². The summed E-state index contributed by atoms with van der Waals surface area (Å²) in [4.78, 5) is 9.44. The van der Waals surface area contributed by atoms with Gasteiger partial charge in [-0.2, -0.15) is 0 Å². The van der Waals surface area contributed by atoms with Crippen LogP contribution in [0.25, 0.3) is 0 Å². The molecule has 0 aliphatic heterocycles. The zero-order valence-corrected chi connectivity index (χ0v) is 16.8. The largest absolute Gasteiger partial charge is 0.300 e. The second-order valence-electron chi connectivity index (χ2n) is 5.30. The van der Waals surface area contributed by atoms with Crippen LogP contribution in [-0.4, -0.2) is 5.78 Å². The van der Waals surface area contributed by atoms with Crippen LogP contribution in [-0.2, 0) is 16.6 Å². The Kier molecular flexibility index (Phi) is 19.1. The predicted octanol–water partition coefficient (Wildman–Crippen LogP) is 6.97. The first-order valence-corrected chi connectivity index (χ1v) is 8.99. The van der Waals surface area contributed by atoms with Crippen molar-refractivity contribution >= 4 is 5.78 Å². The maximum absolute atomic E-state index is 9.44. The van der Waals surface area contributed by atoms with E-state index in [0.29, 0.717) is 5.41 Å². The molecular formula is C21H40O. The fraction of sp³-hybridized carbons (Fsp3) is 0.667. The van der Waals surface area contributed by atoms with Gasteiger partial charge in [0.2, 0.25) is 0 Å². The fourth-order valence-electron chi connectivity index (χ4n) is 2.25. The molecule has 1 aromatic rings. The zero-order chi connectivity index (χ0) is 18.2. The van der Waals surface area contributed by atoms with Crippen LogP contribution in [0, 0.1) is 0 Å². The van der Waals surface area contributed by atoms with Crippen LogP contribution >= 0.6 is 0 Å². The Bertz CT molecular complexity index is 360. The lowest BCUT2D eigenvalue weighted by Gasteiger charge is -2.32. The minimum Gasteiger partial charge on any atom is -0.300 e. The third-order valence-corrected chi connectivity index (χ3v) is 2.99. The number of rotatable bonds is 0. The van der Waals surface area contributed by atoms with E-state index in [0.717, 1.165) is 0 Å². The minimum atomic E-state index is 0.167. The molecule has 1 aliphatic rings. The average Bonchev–Trinajstić information content (AvgIpc) is 2.53. The SMILES string of the molecule is CC.CC.CC.CC(C)=O.CC1(C)CCCc2ccccc21. The summed E-state index contributed by atoms with van der Waals surface area (Å²) in [6.45, 7) is 19.8. The van der Waals surface area contributed by atoms with Crippen molar-refractivity contribution in [2.45, 2.75) is 93.9 Å². The Labute approximate surface area is 140 Å². The van der Waals surface area contributed by atoms with Crippen LogP contribution in [0.5, 0.6) is 0 Å². The van der Waals surface area contributed by atoms with Gasteiger partial charge in [-0.25, -0.2) is 0 Å². The fourth-order valence-corrected chi connectivity index (χ4v) is 2.25. The van der Waals surface area contributed by atoms with Crippen LogP contribution in [0.3, 0.4) is 0 Å². The molecule has 0 unspecified atom stereocenters. The summed E-state index contributed by atoms with van der Waals surface area (Å²) >= 11 is 0. The van der Waals surface area contributed by atoms with Crippen molar-refractivity contribution in [3.8, 4) is 0 Å². The highest BCUT2D eigenvalue weighted by atomic mass is 16.1. The Balaban J connectivity index is -0.000000307. The number of carbonyl (C=O) groups is 1. The lowest BCUT2D eigenvalue weighted by molar-refractivity contribution is -0.114. The maximum Gasteiger partial charge on any atom is 0.126 e. The number of ketones is 1. The number of hydrogen-bond acceptors (Lipinski definition) is 1. The van der Waals surface area contributed by atoms with E-state index in [1.165, 1.54) is 33.1 Å². The highest BCUT2D eigenvalue weighted by Gasteiger charge is 2.26. The first-order chi connectivity index (χ1) is 10.4. The van der Waals surface area contributed by atoms with Gasteiger partial charge < -0.3 is 4.79 Å². The van der Waals surface area contributed by atoms with Gasteiger partial charge in [-0.1, -0.05) is 79.7 Å². The number of Topliss-reactive ketones (excluding diaryl/α,β-unsaturated/α-hetero) is 1. The Morgan fingerprint density at radius 3 is 1.73 bits per heavy atom. The molecule has 0 aromatic heterocycles. The lowest BCUT2D eigenvalue weighted by atomic mass is 9.73. The van der Waals surface area contributed by atoms with Crippen LogP contribution in [0.15, 0.2) is 24.3 Å². The molecule has 0 radical (unpaired) electrons. The summed E-state index contributed by atoms with van der Waals surface area (Å²) < 4.78 is 0. The summed E-state index contributed by atoms with van der Waals surface area (Å²) in [7, 11) is 0. The summed E-state index contributed by atoms with van der Waals surface area (Å²) in [6, 6.07) is 8.87. The van der Waals surface area contributed by atoms with E-state index in [1.807, 2.05) is 41.5 Å². The quantitative estimate of drug-likeness (QED) is 0.505. The summed E-state index contributed by atoms with van der Waals surface area (Å²) in [5.74, 6) is 0.167. The number of carbonyl (C=O) groups excluding carboxylic acids is 1. The van der Waals surface area contributed by atoms with Crippen LogP contribution < -0.4 is 0 Å². The molecule has 1 aliphatic carbocycles. The minimum absolute atomic E-state index is 0.167. The Morgan fingerprint density at radius 1 is 0.909 bits per heavy atom. The van der Waals surface area contributed by atoms with Crippen molar-refractivity contribution in [1.82, 2.24) is 0 Å². The Morgan fingerprint density at radius 2 is 1.32 bits per heavy atom. The van der Waals surface area contributed by atoms with E-state index < -0.39 is 0 Å². The molecule has 0 bridgehead atoms. The third-order valence-electron chi connectivity index (χ3n) is 2.99. The first-order valence-electron chi connectivity index (χ1n) is 8.99. The van der Waals surface area contributed by atoms with Crippen molar-refractivity contribution in [2.24, 2.45) is 0 Å². The third kappa shape index (κ3) is 11.5. The molecule has 0 spiro atoms. The molecule has 0 saturated carbocycles. The second-order valence-corrected chi connectivity index (χ2v) is 5.30. The highest BCUT2D eigenvalue weighted by Crippen LogP contribution is 2.36. The van der Waals surface area contributed by atoms with Gasteiger partial charge in [0.25, 0.3) is 0 Å². The van der Waals surface area contributed by atoms with Gasteiger partial charge in [0, 0.05) is 0 Å². The number of benzene rings is 1. The van der Waals surface area contributed by atoms with Crippen molar-refractivity contribution in [1.29, 1.82) is 0 Å². The maximum atomic E-state index is 9.44. The first kappa shape index (κ1) is 25.8. The van der Waals surface area contributed by atoms with Crippen molar-refractivity contribution in [3.63, 3.8) is 0 Å². The molecule has 1 heteroatoms. The predicted molar refractivity (Wildman–Crippen MR) is 103 cm³/mol. The average molecular weight is 309 g/mol. The molecule has 130 valence electrons. The smallest absolute Gasteiger partial charge is 0.126 e. The molecule has 0 saturated heterocycles. The number of aryl methyl sites for hydroxylation is 1. The molecule has 2 rings (SSSR count). The van der Waals surface area contributed by atoms with E-state index in [9.17, 15) is 4.79 Å². The summed E-state index contributed by atoms with van der Waals surface area (Å²) in [5.41, 5.74) is 3.54. The van der Waals surface area contributed by atoms with Crippen LogP contribution in [0.1, 0.15) is 93.2 Å². The van der Waals surface area contributed by atoms with Gasteiger partial charge in [0.1, 0.15) is 5.78 Å². The van der Waals surface area contributed by atoms with Gasteiger partial charge in [0.15, 0.2) is 0 Å². The van der Waals surface area contributed by atoms with Crippen LogP contribution in [0.2, 0.25) is 0 Å². The Hall–Kier alpha value is -1.11. The molecule has 0 heterocycles. The van der Waals surface area contributed by atoms with Crippen molar-refractivity contribution < 1.29 is 4.79 Å². The van der Waals surface area contributed by atoms with E-state index in [2.05, 4.69) is 38.1 Å². The molecule has 1 nitrogen and oxygen atoms in total. The normalized spacial score (nSPS) is 13.0. The summed E-state index contributed by atoms with van der Waals surface area (Å²) in [5, 5.41) is 0. The van der Waals surface area contributed by atoms with Crippen molar-refractivity contribution in [3.05, 3.63) is 35.4 Å². The van der Waals surface area contributed by atoms with E-state index in [4.69, 9.17) is 0 Å². The van der Waals surface area contributed by atoms with E-state index in [-0.39, 0.29) is 5.78 Å². The monoisotopic (exact) mass is 308 g/mol. The molecule has 0 amide bonds. The number of fused-ring (bicyclic) bond motifs is 1. The zero-order valence-electron chi connectivity index (χ0n) is 16.8. The van der Waals surface area contributed by atoms with Gasteiger partial charge in [-0.3, -0.25) is 0 Å². The van der Waals surface area contributed by atoms with Gasteiger partial charge in [0.05, 0.1) is 0 Å². The molecule has 1 aromatic carbocycles. The van der Waals surface area contributed by atoms with Crippen LogP contribution in [0.4, 0.5) is 0 Å². The lowest BCUT2D eigenvalue weighted by Crippen LogP contribution is -2.23. The van der Waals surface area contributed by atoms with Crippen molar-refractivity contribution in [2.75, 3.05) is 0 Å². The summed E-state index contributed by atoms with van der Waals surface area (Å²) in [6.07, 6.45) is 3.97. The molecular weight excluding hydrogens is 268 g/mol. The molecule has 0 N–H and O–H groups in total. The van der Waals surface area contributed by atoms with E-state index >= 15 is 0 Å².